The van der Waals surface area contributed by atoms with Crippen molar-refractivity contribution < 1.29 is 9.90 Å². The Balaban J connectivity index is 1.95. The van der Waals surface area contributed by atoms with E-state index in [4.69, 9.17) is 5.11 Å². The second kappa shape index (κ2) is 5.33. The van der Waals surface area contributed by atoms with Crippen molar-refractivity contribution in [3.05, 3.63) is 17.8 Å². The summed E-state index contributed by atoms with van der Waals surface area (Å²) in [4.78, 5) is 10.7. The van der Waals surface area contributed by atoms with Gasteiger partial charge in [0.25, 0.3) is 0 Å². The molecule has 18 heavy (non-hydrogen) atoms. The number of rotatable bonds is 5. The maximum Gasteiger partial charge on any atom is 0.356 e. The lowest BCUT2D eigenvalue weighted by atomic mass is 9.83. The number of aromatic nitrogens is 2. The highest BCUT2D eigenvalue weighted by Gasteiger charge is 2.31. The Labute approximate surface area is 107 Å². The maximum absolute atomic E-state index is 10.7. The minimum absolute atomic E-state index is 0.0216. The first kappa shape index (κ1) is 12.8. The number of carboxylic acid groups (broad SMARTS) is 1. The molecule has 1 aliphatic carbocycles. The molecule has 0 amide bonds. The average Bonchev–Trinajstić information content (AvgIpc) is 2.86. The number of carbonyl (C=O) groups is 1. The molecule has 1 fully saturated rings. The van der Waals surface area contributed by atoms with E-state index >= 15 is 0 Å². The summed E-state index contributed by atoms with van der Waals surface area (Å²) in [6, 6.07) is 3.15. The zero-order valence-corrected chi connectivity index (χ0v) is 10.6. The third-order valence-corrected chi connectivity index (χ3v) is 3.94. The van der Waals surface area contributed by atoms with Gasteiger partial charge in [-0.2, -0.15) is 0 Å². The molecule has 98 valence electrons. The van der Waals surface area contributed by atoms with Crippen molar-refractivity contribution in [2.45, 2.75) is 39.0 Å². The first-order chi connectivity index (χ1) is 8.65. The van der Waals surface area contributed by atoms with E-state index in [1.807, 2.05) is 0 Å². The Morgan fingerprint density at radius 2 is 2.11 bits per heavy atom. The molecule has 0 aromatic carbocycles. The van der Waals surface area contributed by atoms with E-state index in [2.05, 4.69) is 22.4 Å². The van der Waals surface area contributed by atoms with Gasteiger partial charge in [-0.3, -0.25) is 0 Å². The fraction of sp³-hybridized carbons (Fsp3) is 0.615. The van der Waals surface area contributed by atoms with Gasteiger partial charge in [-0.25, -0.2) is 4.79 Å². The van der Waals surface area contributed by atoms with Gasteiger partial charge in [0.05, 0.1) is 0 Å². The zero-order valence-electron chi connectivity index (χ0n) is 10.6. The predicted molar refractivity (Wildman–Crippen MR) is 68.7 cm³/mol. The molecule has 1 aromatic rings. The van der Waals surface area contributed by atoms with E-state index in [-0.39, 0.29) is 5.69 Å². The van der Waals surface area contributed by atoms with E-state index in [0.29, 0.717) is 11.2 Å². The van der Waals surface area contributed by atoms with Crippen LogP contribution < -0.4 is 5.32 Å². The van der Waals surface area contributed by atoms with Gasteiger partial charge >= 0.3 is 5.97 Å². The molecular formula is C13H19N3O2. The molecule has 2 rings (SSSR count). The summed E-state index contributed by atoms with van der Waals surface area (Å²) in [6.45, 7) is 3.12. The number of aromatic carboxylic acids is 1. The number of carboxylic acids is 1. The molecule has 5 nitrogen and oxygen atoms in total. The van der Waals surface area contributed by atoms with E-state index in [1.165, 1.54) is 38.2 Å². The topological polar surface area (TPSA) is 75.1 Å². The smallest absolute Gasteiger partial charge is 0.356 e. The largest absolute Gasteiger partial charge is 0.476 e. The molecule has 0 spiro atoms. The average molecular weight is 249 g/mol. The summed E-state index contributed by atoms with van der Waals surface area (Å²) in [5, 5.41) is 19.6. The van der Waals surface area contributed by atoms with E-state index in [9.17, 15) is 4.79 Å². The summed E-state index contributed by atoms with van der Waals surface area (Å²) in [6.07, 6.45) is 6.30. The fourth-order valence-corrected chi connectivity index (χ4v) is 2.60. The molecule has 0 radical (unpaired) electrons. The number of hydrogen-bond donors (Lipinski definition) is 2. The molecule has 0 bridgehead atoms. The minimum atomic E-state index is -1.05. The van der Waals surface area contributed by atoms with Crippen LogP contribution in [0, 0.1) is 5.41 Å². The molecule has 0 unspecified atom stereocenters. The lowest BCUT2D eigenvalue weighted by Gasteiger charge is -2.27. The zero-order chi connectivity index (χ0) is 13.0. The van der Waals surface area contributed by atoms with Crippen LogP contribution in [0.15, 0.2) is 12.1 Å². The SMILES string of the molecule is CCC1(CNc2ccc(C(=O)O)nn2)CCCC1. The Morgan fingerprint density at radius 3 is 2.61 bits per heavy atom. The molecule has 1 saturated carbocycles. The monoisotopic (exact) mass is 249 g/mol. The molecule has 1 aliphatic rings. The lowest BCUT2D eigenvalue weighted by Crippen LogP contribution is -2.26. The first-order valence-corrected chi connectivity index (χ1v) is 6.46. The van der Waals surface area contributed by atoms with Gasteiger partial charge in [0.1, 0.15) is 5.82 Å². The van der Waals surface area contributed by atoms with Gasteiger partial charge in [-0.15, -0.1) is 10.2 Å². The Hall–Kier alpha value is -1.65. The van der Waals surface area contributed by atoms with Crippen molar-refractivity contribution in [2.75, 3.05) is 11.9 Å². The van der Waals surface area contributed by atoms with E-state index in [1.54, 1.807) is 6.07 Å². The normalized spacial score (nSPS) is 17.6. The van der Waals surface area contributed by atoms with Gasteiger partial charge in [0, 0.05) is 6.54 Å². The fourth-order valence-electron chi connectivity index (χ4n) is 2.60. The van der Waals surface area contributed by atoms with Crippen molar-refractivity contribution in [1.82, 2.24) is 10.2 Å². The standard InChI is InChI=1S/C13H19N3O2/c1-2-13(7-3-4-8-13)9-14-11-6-5-10(12(17)18)15-16-11/h5-6H,2-4,7-9H2,1H3,(H,14,16)(H,17,18). The van der Waals surface area contributed by atoms with Crippen LogP contribution in [0.3, 0.4) is 0 Å². The molecule has 2 N–H and O–H groups in total. The van der Waals surface area contributed by atoms with Crippen LogP contribution in [0.4, 0.5) is 5.82 Å². The van der Waals surface area contributed by atoms with Crippen LogP contribution >= 0.6 is 0 Å². The van der Waals surface area contributed by atoms with Crippen LogP contribution in [0.25, 0.3) is 0 Å². The molecule has 0 atom stereocenters. The maximum atomic E-state index is 10.7. The number of anilines is 1. The van der Waals surface area contributed by atoms with Gasteiger partial charge in [-0.05, 0) is 36.8 Å². The van der Waals surface area contributed by atoms with Crippen molar-refractivity contribution in [2.24, 2.45) is 5.41 Å². The highest BCUT2D eigenvalue weighted by atomic mass is 16.4. The van der Waals surface area contributed by atoms with Gasteiger partial charge in [-0.1, -0.05) is 19.8 Å². The number of nitrogens with one attached hydrogen (secondary N) is 1. The summed E-state index contributed by atoms with van der Waals surface area (Å²) in [7, 11) is 0. The molecule has 1 heterocycles. The Bertz CT molecular complexity index is 411. The summed E-state index contributed by atoms with van der Waals surface area (Å²) in [5.74, 6) is -0.394. The van der Waals surface area contributed by atoms with Crippen molar-refractivity contribution in [3.8, 4) is 0 Å². The van der Waals surface area contributed by atoms with E-state index < -0.39 is 5.97 Å². The van der Waals surface area contributed by atoms with Crippen LogP contribution in [-0.4, -0.2) is 27.8 Å². The molecule has 5 heteroatoms. The summed E-state index contributed by atoms with van der Waals surface area (Å²) in [5.41, 5.74) is 0.360. The summed E-state index contributed by atoms with van der Waals surface area (Å²) >= 11 is 0. The molecule has 0 aliphatic heterocycles. The lowest BCUT2D eigenvalue weighted by molar-refractivity contribution is 0.0689. The van der Waals surface area contributed by atoms with Gasteiger partial charge in [0.15, 0.2) is 5.69 Å². The van der Waals surface area contributed by atoms with Crippen LogP contribution in [0.2, 0.25) is 0 Å². The number of hydrogen-bond acceptors (Lipinski definition) is 4. The van der Waals surface area contributed by atoms with Crippen molar-refractivity contribution >= 4 is 11.8 Å². The Morgan fingerprint density at radius 1 is 1.39 bits per heavy atom. The van der Waals surface area contributed by atoms with Gasteiger partial charge in [0.2, 0.25) is 0 Å². The van der Waals surface area contributed by atoms with Crippen LogP contribution in [0.1, 0.15) is 49.5 Å². The van der Waals surface area contributed by atoms with E-state index in [0.717, 1.165) is 6.54 Å². The molecule has 0 saturated heterocycles. The third kappa shape index (κ3) is 2.78. The summed E-state index contributed by atoms with van der Waals surface area (Å²) < 4.78 is 0. The third-order valence-electron chi connectivity index (χ3n) is 3.94. The Kier molecular flexibility index (Phi) is 3.79. The van der Waals surface area contributed by atoms with Crippen LogP contribution in [-0.2, 0) is 0 Å². The van der Waals surface area contributed by atoms with Gasteiger partial charge < -0.3 is 10.4 Å². The second-order valence-corrected chi connectivity index (χ2v) is 5.02. The van der Waals surface area contributed by atoms with Crippen molar-refractivity contribution in [1.29, 1.82) is 0 Å². The minimum Gasteiger partial charge on any atom is -0.476 e. The van der Waals surface area contributed by atoms with Crippen LogP contribution in [0.5, 0.6) is 0 Å². The highest BCUT2D eigenvalue weighted by Crippen LogP contribution is 2.40. The van der Waals surface area contributed by atoms with Crippen molar-refractivity contribution in [3.63, 3.8) is 0 Å². The molecular weight excluding hydrogens is 230 g/mol. The predicted octanol–water partition coefficient (Wildman–Crippen LogP) is 2.56. The quantitative estimate of drug-likeness (QED) is 0.838. The first-order valence-electron chi connectivity index (χ1n) is 6.46. The number of nitrogens with zero attached hydrogens (tertiary/aromatic N) is 2. The second-order valence-electron chi connectivity index (χ2n) is 5.02. The molecule has 1 aromatic heterocycles. The highest BCUT2D eigenvalue weighted by molar-refractivity contribution is 5.85.